The largest absolute Gasteiger partial charge is 0.316 e. The number of hydrogen-bond acceptors (Lipinski definition) is 2. The van der Waals surface area contributed by atoms with Crippen LogP contribution in [0.25, 0.3) is 0 Å². The molecule has 3 atom stereocenters. The summed E-state index contributed by atoms with van der Waals surface area (Å²) in [6.45, 7) is 21.1. The van der Waals surface area contributed by atoms with Crippen LogP contribution in [0.15, 0.2) is 12.1 Å². The van der Waals surface area contributed by atoms with Crippen LogP contribution in [-0.4, -0.2) is 53.6 Å². The number of rotatable bonds is 9. The van der Waals surface area contributed by atoms with Gasteiger partial charge in [0.25, 0.3) is 0 Å². The molecule has 8 bridgehead atoms. The zero-order chi connectivity index (χ0) is 33.3. The van der Waals surface area contributed by atoms with E-state index in [2.05, 4.69) is 71.3 Å². The topological polar surface area (TPSA) is 24.1 Å². The van der Waals surface area contributed by atoms with Crippen molar-refractivity contribution in [3.05, 3.63) is 23.3 Å². The lowest BCUT2D eigenvalue weighted by Gasteiger charge is -2.72. The van der Waals surface area contributed by atoms with E-state index in [1.54, 1.807) is 77.0 Å². The minimum atomic E-state index is -1.58. The minimum Gasteiger partial charge on any atom is -0.316 e. The molecule has 2 N–H and O–H groups in total. The van der Waals surface area contributed by atoms with Gasteiger partial charge >= 0.3 is 0 Å². The molecule has 10 fully saturated rings. The van der Waals surface area contributed by atoms with E-state index in [0.717, 1.165) is 46.8 Å². The van der Waals surface area contributed by atoms with Gasteiger partial charge in [-0.15, -0.1) is 9.24 Å². The van der Waals surface area contributed by atoms with Crippen LogP contribution in [0.4, 0.5) is 0 Å². The Labute approximate surface area is 300 Å². The first-order valence-electron chi connectivity index (χ1n) is 20.9. The van der Waals surface area contributed by atoms with E-state index >= 15 is 0 Å². The fourth-order valence-corrected chi connectivity index (χ4v) is 24.9. The van der Waals surface area contributed by atoms with E-state index in [0.29, 0.717) is 10.8 Å². The molecule has 1 aromatic rings. The van der Waals surface area contributed by atoms with Gasteiger partial charge in [0, 0.05) is 18.2 Å². The average Bonchev–Trinajstić information content (AvgIpc) is 3.72. The molecule has 0 spiro atoms. The predicted molar refractivity (Wildman–Crippen MR) is 218 cm³/mol. The van der Waals surface area contributed by atoms with Gasteiger partial charge in [-0.1, -0.05) is 69.7 Å². The second kappa shape index (κ2) is 12.0. The average molecular weight is 721 g/mol. The molecule has 0 radical (unpaired) electrons. The fourth-order valence-electron chi connectivity index (χ4n) is 15.3. The molecule has 2 nitrogen and oxygen atoms in total. The summed E-state index contributed by atoms with van der Waals surface area (Å²) in [6.07, 6.45) is 22.9. The summed E-state index contributed by atoms with van der Waals surface area (Å²) >= 11 is 0. The Balaban J connectivity index is 1.28. The van der Waals surface area contributed by atoms with E-state index in [1.165, 1.54) is 45.2 Å². The highest BCUT2D eigenvalue weighted by Gasteiger charge is 2.69. The van der Waals surface area contributed by atoms with E-state index in [-0.39, 0.29) is 13.1 Å². The molecular weight excluding hydrogens is 651 g/mol. The molecule has 8 saturated carbocycles. The zero-order valence-electron chi connectivity index (χ0n) is 31.7. The highest BCUT2D eigenvalue weighted by atomic mass is 31.1. The Bertz CT molecular complexity index is 1270. The summed E-state index contributed by atoms with van der Waals surface area (Å²) in [5.41, 5.74) is 6.64. The molecule has 266 valence electrons. The smallest absolute Gasteiger partial charge is 0.0774 e. The first kappa shape index (κ1) is 34.2. The highest BCUT2D eigenvalue weighted by molar-refractivity contribution is 7.58. The second-order valence-corrected chi connectivity index (χ2v) is 35.5. The minimum absolute atomic E-state index is 0.0624. The molecule has 0 aromatic heterocycles. The van der Waals surface area contributed by atoms with Gasteiger partial charge in [0.1, 0.15) is 0 Å². The maximum absolute atomic E-state index is 4.02. The van der Waals surface area contributed by atoms with E-state index in [9.17, 15) is 0 Å². The van der Waals surface area contributed by atoms with Crippen LogP contribution in [0.1, 0.15) is 101 Å². The second-order valence-electron chi connectivity index (χ2n) is 21.7. The van der Waals surface area contributed by atoms with Gasteiger partial charge in [0.05, 0.1) is 16.1 Å². The van der Waals surface area contributed by atoms with Gasteiger partial charge in [-0.25, -0.2) is 0 Å². The third-order valence-electron chi connectivity index (χ3n) is 16.4. The Morgan fingerprint density at radius 2 is 1.02 bits per heavy atom. The molecule has 8 aliphatic carbocycles. The van der Waals surface area contributed by atoms with Crippen LogP contribution in [0.3, 0.4) is 0 Å². The van der Waals surface area contributed by atoms with Crippen LogP contribution < -0.4 is 21.0 Å². The maximum Gasteiger partial charge on any atom is 0.0774 e. The zero-order valence-corrected chi connectivity index (χ0v) is 35.8. The lowest BCUT2D eigenvalue weighted by Crippen LogP contribution is -2.65. The molecule has 11 rings (SSSR count). The highest BCUT2D eigenvalue weighted by Crippen LogP contribution is 2.78. The van der Waals surface area contributed by atoms with E-state index < -0.39 is 16.1 Å². The van der Waals surface area contributed by atoms with Gasteiger partial charge in [0.2, 0.25) is 0 Å². The SMILES string of the molecule is C[Si](C)(C)c1cc(CP(C2CCNC2)C2CCNC2)c(C(P)(C23CC4CC(CC(C4)C2)C3)C23CC4CC(CC(C4)C2)C3)cc1[Si](C)(C)C. The van der Waals surface area contributed by atoms with Gasteiger partial charge in [0.15, 0.2) is 0 Å². The molecule has 1 aromatic carbocycles. The van der Waals surface area contributed by atoms with Gasteiger partial charge < -0.3 is 10.6 Å². The first-order chi connectivity index (χ1) is 22.8. The Kier molecular flexibility index (Phi) is 8.53. The van der Waals surface area contributed by atoms with Crippen molar-refractivity contribution >= 4 is 43.7 Å². The van der Waals surface area contributed by atoms with Crippen LogP contribution in [-0.2, 0) is 11.3 Å². The Morgan fingerprint density at radius 1 is 0.646 bits per heavy atom. The van der Waals surface area contributed by atoms with Crippen molar-refractivity contribution in [3.63, 3.8) is 0 Å². The van der Waals surface area contributed by atoms with Crippen LogP contribution in [0.2, 0.25) is 39.3 Å². The lowest BCUT2D eigenvalue weighted by atomic mass is 9.37. The van der Waals surface area contributed by atoms with Gasteiger partial charge in [-0.3, -0.25) is 0 Å². The Morgan fingerprint density at radius 3 is 1.35 bits per heavy atom. The number of hydrogen-bond donors (Lipinski definition) is 2. The third-order valence-corrected chi connectivity index (χ3v) is 25.7. The summed E-state index contributed by atoms with van der Waals surface area (Å²) in [5.74, 6) is 6.07. The van der Waals surface area contributed by atoms with Crippen LogP contribution in [0.5, 0.6) is 0 Å². The molecule has 2 saturated heterocycles. The van der Waals surface area contributed by atoms with Gasteiger partial charge in [-0.2, -0.15) is 0 Å². The van der Waals surface area contributed by atoms with Crippen molar-refractivity contribution in [3.8, 4) is 0 Å². The summed E-state index contributed by atoms with van der Waals surface area (Å²) in [6, 6.07) is 6.06. The fraction of sp³-hybridized carbons (Fsp3) is 0.857. The summed E-state index contributed by atoms with van der Waals surface area (Å²) in [4.78, 5) is 0. The van der Waals surface area contributed by atoms with E-state index in [1.807, 2.05) is 21.5 Å². The van der Waals surface area contributed by atoms with Crippen molar-refractivity contribution in [1.82, 2.24) is 10.6 Å². The molecule has 2 heterocycles. The first-order valence-corrected chi connectivity index (χ1v) is 30.1. The number of nitrogens with one attached hydrogen (secondary N) is 2. The predicted octanol–water partition coefficient (Wildman–Crippen LogP) is 8.99. The summed E-state index contributed by atoms with van der Waals surface area (Å²) in [5, 5.41) is 11.7. The Hall–Kier alpha value is 0.434. The number of benzene rings is 1. The van der Waals surface area contributed by atoms with Crippen molar-refractivity contribution in [2.45, 2.75) is 152 Å². The van der Waals surface area contributed by atoms with Crippen molar-refractivity contribution < 1.29 is 0 Å². The molecule has 10 aliphatic rings. The van der Waals surface area contributed by atoms with Crippen molar-refractivity contribution in [2.75, 3.05) is 26.2 Å². The molecule has 2 aliphatic heterocycles. The molecule has 6 heteroatoms. The monoisotopic (exact) mass is 720 g/mol. The normalized spacial score (nSPS) is 43.6. The van der Waals surface area contributed by atoms with Crippen molar-refractivity contribution in [2.24, 2.45) is 46.3 Å². The standard InChI is InChI=1S/C42H70N2P2Si2/c1-47(2,3)38-17-34(27-46(35-7-9-43-25-35)36-8-10-44-26-36)37(18-39(38)48(4,5)6)42(45,40-19-28-11-29(20-40)13-30(12-28)21-40)41-22-31-14-32(23-41)16-33(15-31)24-41/h17-18,28-33,35-36,43-44H,7-16,19-27,45H2,1-6H3. The molecule has 48 heavy (non-hydrogen) atoms. The van der Waals surface area contributed by atoms with Crippen LogP contribution >= 0.6 is 17.2 Å². The molecule has 0 amide bonds. The summed E-state index contributed by atoms with van der Waals surface area (Å²) < 4.78 is 0. The van der Waals surface area contributed by atoms with E-state index in [4.69, 9.17) is 0 Å². The van der Waals surface area contributed by atoms with Crippen LogP contribution in [0, 0.1) is 46.3 Å². The lowest BCUT2D eigenvalue weighted by molar-refractivity contribution is -0.158. The van der Waals surface area contributed by atoms with Crippen molar-refractivity contribution in [1.29, 1.82) is 0 Å². The molecular formula is C42H70N2P2Si2. The third kappa shape index (κ3) is 5.47. The molecule has 3 unspecified atom stereocenters. The quantitative estimate of drug-likeness (QED) is 0.197. The maximum atomic E-state index is 4.02. The van der Waals surface area contributed by atoms with Gasteiger partial charge in [-0.05, 0) is 178 Å². The summed E-state index contributed by atoms with van der Waals surface area (Å²) in [7, 11) is 0.839.